The van der Waals surface area contributed by atoms with Gasteiger partial charge in [-0.1, -0.05) is 62.4 Å². The van der Waals surface area contributed by atoms with Crippen molar-refractivity contribution in [2.45, 2.75) is 102 Å². The van der Waals surface area contributed by atoms with Gasteiger partial charge in [-0.2, -0.15) is 0 Å². The van der Waals surface area contributed by atoms with Crippen LogP contribution in [0, 0.1) is 0 Å². The van der Waals surface area contributed by atoms with Crippen LogP contribution in [0.4, 0.5) is 0 Å². The molecule has 1 aromatic heterocycles. The second kappa shape index (κ2) is 11.8. The van der Waals surface area contributed by atoms with E-state index in [4.69, 9.17) is 10.5 Å². The number of hydrogen-bond donors (Lipinski definition) is 2. The molecule has 45 heavy (non-hydrogen) atoms. The molecular formula is C37H44N4O4. The predicted molar refractivity (Wildman–Crippen MR) is 176 cm³/mol. The van der Waals surface area contributed by atoms with E-state index in [1.165, 1.54) is 24.8 Å². The molecule has 7 rings (SSSR count). The average Bonchev–Trinajstić information content (AvgIpc) is 3.59. The summed E-state index contributed by atoms with van der Waals surface area (Å²) in [7, 11) is 0. The monoisotopic (exact) mass is 608 g/mol. The van der Waals surface area contributed by atoms with Crippen molar-refractivity contribution in [3.05, 3.63) is 64.7 Å². The van der Waals surface area contributed by atoms with Crippen LogP contribution in [0.25, 0.3) is 28.2 Å². The van der Waals surface area contributed by atoms with Crippen LogP contribution >= 0.6 is 0 Å². The fourth-order valence-corrected chi connectivity index (χ4v) is 8.40. The lowest BCUT2D eigenvalue weighted by molar-refractivity contribution is -0.139. The molecule has 3 fully saturated rings. The number of primary amides is 1. The molecule has 1 saturated heterocycles. The van der Waals surface area contributed by atoms with E-state index < -0.39 is 11.4 Å². The number of fused-ring (bicyclic) bond motifs is 5. The minimum Gasteiger partial charge on any atom is -0.372 e. The Morgan fingerprint density at radius 3 is 2.36 bits per heavy atom. The molecule has 2 saturated carbocycles. The van der Waals surface area contributed by atoms with Crippen LogP contribution in [-0.4, -0.2) is 58.0 Å². The fourth-order valence-electron chi connectivity index (χ4n) is 8.40. The third-order valence-electron chi connectivity index (χ3n) is 10.5. The molecule has 0 bridgehead atoms. The molecule has 8 heteroatoms. The summed E-state index contributed by atoms with van der Waals surface area (Å²) in [6.45, 7) is 5.55. The fraction of sp³-hybridized carbons (Fsp3) is 0.486. The molecule has 0 radical (unpaired) electrons. The number of aromatic nitrogens is 1. The van der Waals surface area contributed by atoms with Gasteiger partial charge in [-0.05, 0) is 74.8 Å². The molecule has 236 valence electrons. The van der Waals surface area contributed by atoms with Gasteiger partial charge in [0.2, 0.25) is 5.91 Å². The van der Waals surface area contributed by atoms with Crippen LogP contribution in [0.5, 0.6) is 0 Å². The Labute approximate surface area is 265 Å². The van der Waals surface area contributed by atoms with Gasteiger partial charge in [-0.25, -0.2) is 0 Å². The first-order valence-corrected chi connectivity index (χ1v) is 16.8. The van der Waals surface area contributed by atoms with Crippen LogP contribution in [0.1, 0.15) is 99.0 Å². The van der Waals surface area contributed by atoms with Gasteiger partial charge < -0.3 is 25.3 Å². The highest BCUT2D eigenvalue weighted by molar-refractivity contribution is 6.05. The lowest BCUT2D eigenvalue weighted by atomic mass is 9.81. The Balaban J connectivity index is 1.37. The SMILES string of the molecule is C[C@@H]1CN(C(=O)C2=Cc3ccccc3-c3c(C4CCCCC4)c4ccc(C(=O)NC5(C(N)=O)CCCC5)cc4n3C2)C[C@H](C)O1. The molecule has 3 heterocycles. The van der Waals surface area contributed by atoms with Crippen molar-refractivity contribution in [2.75, 3.05) is 13.1 Å². The highest BCUT2D eigenvalue weighted by atomic mass is 16.5. The minimum atomic E-state index is -0.997. The molecular weight excluding hydrogens is 564 g/mol. The van der Waals surface area contributed by atoms with E-state index in [1.54, 1.807) is 0 Å². The Hall–Kier alpha value is -3.91. The van der Waals surface area contributed by atoms with E-state index >= 15 is 0 Å². The summed E-state index contributed by atoms with van der Waals surface area (Å²) in [4.78, 5) is 42.3. The quantitative estimate of drug-likeness (QED) is 0.375. The number of nitrogens with one attached hydrogen (secondary N) is 1. The van der Waals surface area contributed by atoms with Crippen molar-refractivity contribution in [3.63, 3.8) is 0 Å². The van der Waals surface area contributed by atoms with Crippen molar-refractivity contribution < 1.29 is 19.1 Å². The van der Waals surface area contributed by atoms with E-state index in [2.05, 4.69) is 40.2 Å². The zero-order valence-corrected chi connectivity index (χ0v) is 26.4. The molecule has 8 nitrogen and oxygen atoms in total. The lowest BCUT2D eigenvalue weighted by Crippen LogP contribution is -2.55. The Bertz CT molecular complexity index is 1680. The average molecular weight is 609 g/mol. The molecule has 0 unspecified atom stereocenters. The number of amides is 3. The number of rotatable bonds is 5. The highest BCUT2D eigenvalue weighted by Gasteiger charge is 2.41. The number of morpholine rings is 1. The maximum atomic E-state index is 14.2. The normalized spacial score (nSPS) is 23.2. The molecule has 2 atom stereocenters. The molecule has 4 aliphatic rings. The smallest absolute Gasteiger partial charge is 0.252 e. The number of ether oxygens (including phenoxy) is 1. The van der Waals surface area contributed by atoms with Gasteiger partial charge in [0.1, 0.15) is 5.54 Å². The van der Waals surface area contributed by atoms with Crippen LogP contribution < -0.4 is 11.1 Å². The van der Waals surface area contributed by atoms with Gasteiger partial charge >= 0.3 is 0 Å². The van der Waals surface area contributed by atoms with Gasteiger partial charge in [-0.3, -0.25) is 14.4 Å². The van der Waals surface area contributed by atoms with Crippen LogP contribution in [0.3, 0.4) is 0 Å². The summed E-state index contributed by atoms with van der Waals surface area (Å²) < 4.78 is 8.21. The maximum Gasteiger partial charge on any atom is 0.252 e. The number of benzene rings is 2. The molecule has 3 amide bonds. The van der Waals surface area contributed by atoms with Crippen molar-refractivity contribution >= 4 is 34.7 Å². The van der Waals surface area contributed by atoms with Gasteiger partial charge in [-0.15, -0.1) is 0 Å². The molecule has 2 aliphatic carbocycles. The highest BCUT2D eigenvalue weighted by Crippen LogP contribution is 2.46. The standard InChI is InChI=1S/C37H44N4O4/c1-23-20-40(21-24(2)45-23)35(43)28-18-26-12-6-7-13-29(26)33-32(25-10-4-3-5-11-25)30-15-14-27(19-31(30)41(33)22-28)34(42)39-37(36(38)44)16-8-9-17-37/h6-7,12-15,18-19,23-25H,3-5,8-11,16-17,20-22H2,1-2H3,(H2,38,44)(H,39,42)/t23-,24+. The minimum absolute atomic E-state index is 0.0260. The van der Waals surface area contributed by atoms with Crippen LogP contribution in [0.15, 0.2) is 48.0 Å². The molecule has 0 spiro atoms. The zero-order valence-electron chi connectivity index (χ0n) is 26.4. The van der Waals surface area contributed by atoms with Gasteiger partial charge in [0.15, 0.2) is 0 Å². The zero-order chi connectivity index (χ0) is 31.3. The molecule has 2 aromatic carbocycles. The molecule has 3 N–H and O–H groups in total. The third kappa shape index (κ3) is 5.37. The summed E-state index contributed by atoms with van der Waals surface area (Å²) in [6.07, 6.45) is 10.8. The first kappa shape index (κ1) is 29.8. The summed E-state index contributed by atoms with van der Waals surface area (Å²) in [5.74, 6) is -0.328. The van der Waals surface area contributed by atoms with E-state index in [0.717, 1.165) is 59.0 Å². The number of hydrogen-bond acceptors (Lipinski definition) is 4. The van der Waals surface area contributed by atoms with Gasteiger partial charge in [0.25, 0.3) is 11.8 Å². The van der Waals surface area contributed by atoms with Crippen molar-refractivity contribution in [3.8, 4) is 11.3 Å². The molecule has 2 aliphatic heterocycles. The first-order valence-electron chi connectivity index (χ1n) is 16.8. The Morgan fingerprint density at radius 1 is 0.933 bits per heavy atom. The summed E-state index contributed by atoms with van der Waals surface area (Å²) in [5, 5.41) is 4.16. The Morgan fingerprint density at radius 2 is 1.64 bits per heavy atom. The number of nitrogens with two attached hydrogens (primary N) is 1. The topological polar surface area (TPSA) is 107 Å². The maximum absolute atomic E-state index is 14.2. The second-order valence-electron chi connectivity index (χ2n) is 13.7. The number of nitrogens with zero attached hydrogens (tertiary/aromatic N) is 2. The first-order chi connectivity index (χ1) is 21.7. The Kier molecular flexibility index (Phi) is 7.80. The molecule has 3 aromatic rings. The summed E-state index contributed by atoms with van der Waals surface area (Å²) in [5.41, 5.74) is 11.6. The van der Waals surface area contributed by atoms with Gasteiger partial charge in [0.05, 0.1) is 24.4 Å². The van der Waals surface area contributed by atoms with Crippen molar-refractivity contribution in [2.24, 2.45) is 5.73 Å². The number of carbonyl (C=O) groups excluding carboxylic acids is 3. The van der Waals surface area contributed by atoms with Crippen molar-refractivity contribution in [1.29, 1.82) is 0 Å². The largest absolute Gasteiger partial charge is 0.372 e. The van der Waals surface area contributed by atoms with E-state index in [-0.39, 0.29) is 24.0 Å². The van der Waals surface area contributed by atoms with E-state index in [0.29, 0.717) is 44.0 Å². The van der Waals surface area contributed by atoms with Crippen molar-refractivity contribution in [1.82, 2.24) is 14.8 Å². The van der Waals surface area contributed by atoms with Crippen LogP contribution in [-0.2, 0) is 20.9 Å². The lowest BCUT2D eigenvalue weighted by Gasteiger charge is -2.35. The number of carbonyl (C=O) groups is 3. The predicted octanol–water partition coefficient (Wildman–Crippen LogP) is 5.92. The van der Waals surface area contributed by atoms with E-state index in [1.807, 2.05) is 36.9 Å². The summed E-state index contributed by atoms with van der Waals surface area (Å²) in [6, 6.07) is 14.3. The second-order valence-corrected chi connectivity index (χ2v) is 13.7. The van der Waals surface area contributed by atoms with Gasteiger partial charge in [0, 0.05) is 40.7 Å². The summed E-state index contributed by atoms with van der Waals surface area (Å²) >= 11 is 0. The third-order valence-corrected chi connectivity index (χ3v) is 10.5. The van der Waals surface area contributed by atoms with Crippen LogP contribution in [0.2, 0.25) is 0 Å². The van der Waals surface area contributed by atoms with E-state index in [9.17, 15) is 14.4 Å².